The number of sulfonamides is 1. The summed E-state index contributed by atoms with van der Waals surface area (Å²) in [6.07, 6.45) is 4.22. The Balaban J connectivity index is 1.71. The fourth-order valence-electron chi connectivity index (χ4n) is 2.65. The highest BCUT2D eigenvalue weighted by atomic mass is 32.2. The van der Waals surface area contributed by atoms with E-state index in [1.807, 2.05) is 12.3 Å². The van der Waals surface area contributed by atoms with Crippen LogP contribution in [0, 0.1) is 12.8 Å². The number of aryl methyl sites for hydroxylation is 2. The number of aromatic nitrogens is 3. The minimum Gasteiger partial charge on any atom is -0.339 e. The van der Waals surface area contributed by atoms with Crippen LogP contribution in [0.25, 0.3) is 0 Å². The van der Waals surface area contributed by atoms with Crippen molar-refractivity contribution in [3.8, 4) is 0 Å². The summed E-state index contributed by atoms with van der Waals surface area (Å²) in [7, 11) is -1.95. The summed E-state index contributed by atoms with van der Waals surface area (Å²) in [5.74, 6) is -0.577. The van der Waals surface area contributed by atoms with Crippen LogP contribution >= 0.6 is 11.3 Å². The van der Waals surface area contributed by atoms with Crippen molar-refractivity contribution < 1.29 is 13.2 Å². The quantitative estimate of drug-likeness (QED) is 0.874. The van der Waals surface area contributed by atoms with Crippen molar-refractivity contribution in [2.45, 2.75) is 24.8 Å². The molecule has 8 nitrogen and oxygen atoms in total. The van der Waals surface area contributed by atoms with Gasteiger partial charge in [0.25, 0.3) is 10.0 Å². The van der Waals surface area contributed by atoms with Gasteiger partial charge in [-0.3, -0.25) is 4.79 Å². The molecule has 1 N–H and O–H groups in total. The van der Waals surface area contributed by atoms with Gasteiger partial charge in [0, 0.05) is 31.7 Å². The highest BCUT2D eigenvalue weighted by Gasteiger charge is 2.34. The van der Waals surface area contributed by atoms with Gasteiger partial charge < -0.3 is 9.88 Å². The van der Waals surface area contributed by atoms with Crippen LogP contribution in [0.5, 0.6) is 0 Å². The average Bonchev–Trinajstić information content (AvgIpc) is 3.16. The lowest BCUT2D eigenvalue weighted by Gasteiger charge is -2.30. The molecule has 0 saturated carbocycles. The lowest BCUT2D eigenvalue weighted by atomic mass is 9.99. The third-order valence-corrected chi connectivity index (χ3v) is 6.52. The topological polar surface area (TPSA) is 97.2 Å². The normalized spacial score (nSPS) is 19.3. The van der Waals surface area contributed by atoms with Crippen molar-refractivity contribution in [2.24, 2.45) is 13.0 Å². The first-order valence-electron chi connectivity index (χ1n) is 7.57. The largest absolute Gasteiger partial charge is 0.339 e. The molecule has 0 radical (unpaired) electrons. The Morgan fingerprint density at radius 2 is 2.25 bits per heavy atom. The summed E-state index contributed by atoms with van der Waals surface area (Å²) < 4.78 is 28.2. The van der Waals surface area contributed by atoms with Crippen LogP contribution in [0.15, 0.2) is 22.9 Å². The number of piperidine rings is 1. The molecule has 1 aliphatic heterocycles. The Kier molecular flexibility index (Phi) is 4.70. The molecule has 3 heterocycles. The molecule has 10 heteroatoms. The second kappa shape index (κ2) is 6.61. The first kappa shape index (κ1) is 17.1. The number of rotatable bonds is 4. The zero-order valence-electron chi connectivity index (χ0n) is 13.5. The Morgan fingerprint density at radius 1 is 1.46 bits per heavy atom. The van der Waals surface area contributed by atoms with Crippen LogP contribution in [0.3, 0.4) is 0 Å². The van der Waals surface area contributed by atoms with Gasteiger partial charge in [-0.15, -0.1) is 11.3 Å². The maximum absolute atomic E-state index is 12.6. The lowest BCUT2D eigenvalue weighted by Crippen LogP contribution is -2.43. The van der Waals surface area contributed by atoms with Gasteiger partial charge in [0.15, 0.2) is 10.2 Å². The van der Waals surface area contributed by atoms with Crippen LogP contribution in [0.4, 0.5) is 5.13 Å². The molecule has 3 rings (SSSR count). The molecule has 1 fully saturated rings. The van der Waals surface area contributed by atoms with Crippen molar-refractivity contribution in [2.75, 3.05) is 18.4 Å². The fourth-order valence-corrected chi connectivity index (χ4v) is 4.83. The minimum absolute atomic E-state index is 0.0154. The maximum atomic E-state index is 12.6. The van der Waals surface area contributed by atoms with Gasteiger partial charge in [0.1, 0.15) is 0 Å². The number of hydrogen-bond acceptors (Lipinski definition) is 6. The molecular formula is C14H19N5O3S2. The van der Waals surface area contributed by atoms with Gasteiger partial charge in [0.05, 0.1) is 17.9 Å². The number of amides is 1. The van der Waals surface area contributed by atoms with E-state index in [0.29, 0.717) is 24.5 Å². The highest BCUT2D eigenvalue weighted by Crippen LogP contribution is 2.24. The number of carbonyl (C=O) groups is 1. The van der Waals surface area contributed by atoms with Crippen LogP contribution in [0.1, 0.15) is 18.5 Å². The highest BCUT2D eigenvalue weighted by molar-refractivity contribution is 7.89. The van der Waals surface area contributed by atoms with Crippen molar-refractivity contribution in [3.63, 3.8) is 0 Å². The number of imidazole rings is 1. The third-order valence-electron chi connectivity index (χ3n) is 3.89. The SMILES string of the molecule is Cc1csc(NC(=O)[C@H]2CCCN(S(=O)(=O)c3cn(C)cn3)C2)n1. The predicted octanol–water partition coefficient (Wildman–Crippen LogP) is 1.22. The van der Waals surface area contributed by atoms with Crippen LogP contribution < -0.4 is 5.32 Å². The van der Waals surface area contributed by atoms with Crippen LogP contribution in [0.2, 0.25) is 0 Å². The molecule has 0 unspecified atom stereocenters. The Hall–Kier alpha value is -1.78. The monoisotopic (exact) mass is 369 g/mol. The summed E-state index contributed by atoms with van der Waals surface area (Å²) in [4.78, 5) is 20.5. The molecule has 0 bridgehead atoms. The fraction of sp³-hybridized carbons (Fsp3) is 0.500. The van der Waals surface area contributed by atoms with E-state index < -0.39 is 10.0 Å². The zero-order valence-corrected chi connectivity index (χ0v) is 15.1. The van der Waals surface area contributed by atoms with Crippen LogP contribution in [-0.2, 0) is 21.9 Å². The number of anilines is 1. The second-order valence-corrected chi connectivity index (χ2v) is 8.61. The number of nitrogens with one attached hydrogen (secondary N) is 1. The smallest absolute Gasteiger partial charge is 0.262 e. The molecule has 2 aromatic rings. The molecule has 1 atom stereocenters. The van der Waals surface area contributed by atoms with E-state index in [1.165, 1.54) is 28.2 Å². The van der Waals surface area contributed by atoms with Crippen molar-refractivity contribution in [1.82, 2.24) is 18.8 Å². The van der Waals surface area contributed by atoms with Gasteiger partial charge >= 0.3 is 0 Å². The minimum atomic E-state index is -3.67. The van der Waals surface area contributed by atoms with Gasteiger partial charge in [-0.25, -0.2) is 18.4 Å². The Bertz CT molecular complexity index is 842. The molecule has 0 aliphatic carbocycles. The first-order chi connectivity index (χ1) is 11.4. The lowest BCUT2D eigenvalue weighted by molar-refractivity contribution is -0.120. The third kappa shape index (κ3) is 3.50. The van der Waals surface area contributed by atoms with Gasteiger partial charge in [-0.2, -0.15) is 4.31 Å². The molecule has 2 aromatic heterocycles. The van der Waals surface area contributed by atoms with E-state index in [1.54, 1.807) is 11.6 Å². The van der Waals surface area contributed by atoms with Crippen molar-refractivity contribution in [3.05, 3.63) is 23.6 Å². The summed E-state index contributed by atoms with van der Waals surface area (Å²) in [5, 5.41) is 5.19. The van der Waals surface area contributed by atoms with Gasteiger partial charge in [-0.1, -0.05) is 0 Å². The first-order valence-corrected chi connectivity index (χ1v) is 9.89. The van der Waals surface area contributed by atoms with E-state index in [-0.39, 0.29) is 23.4 Å². The summed E-state index contributed by atoms with van der Waals surface area (Å²) in [6.45, 7) is 2.42. The summed E-state index contributed by atoms with van der Waals surface area (Å²) in [5.41, 5.74) is 0.846. The second-order valence-electron chi connectivity index (χ2n) is 5.86. The zero-order chi connectivity index (χ0) is 17.3. The Labute approximate surface area is 144 Å². The molecule has 130 valence electrons. The van der Waals surface area contributed by atoms with E-state index in [9.17, 15) is 13.2 Å². The van der Waals surface area contributed by atoms with E-state index in [2.05, 4.69) is 15.3 Å². The summed E-state index contributed by atoms with van der Waals surface area (Å²) in [6, 6.07) is 0. The molecule has 0 spiro atoms. The van der Waals surface area contributed by atoms with Crippen molar-refractivity contribution >= 4 is 32.4 Å². The molecule has 1 aliphatic rings. The maximum Gasteiger partial charge on any atom is 0.262 e. The molecule has 0 aromatic carbocycles. The molecule has 1 amide bonds. The van der Waals surface area contributed by atoms with E-state index >= 15 is 0 Å². The average molecular weight is 369 g/mol. The molecular weight excluding hydrogens is 350 g/mol. The van der Waals surface area contributed by atoms with Gasteiger partial charge in [0.2, 0.25) is 5.91 Å². The number of hydrogen-bond donors (Lipinski definition) is 1. The number of thiazole rings is 1. The summed E-state index contributed by atoms with van der Waals surface area (Å²) >= 11 is 1.36. The molecule has 24 heavy (non-hydrogen) atoms. The van der Waals surface area contributed by atoms with Gasteiger partial charge in [-0.05, 0) is 19.8 Å². The van der Waals surface area contributed by atoms with Crippen molar-refractivity contribution in [1.29, 1.82) is 0 Å². The van der Waals surface area contributed by atoms with E-state index in [4.69, 9.17) is 0 Å². The molecule has 1 saturated heterocycles. The van der Waals surface area contributed by atoms with E-state index in [0.717, 1.165) is 5.69 Å². The standard InChI is InChI=1S/C14H19N5O3S2/c1-10-8-23-14(16-10)17-13(20)11-4-3-5-19(6-11)24(21,22)12-7-18(2)9-15-12/h7-9,11H,3-6H2,1-2H3,(H,16,17,20)/t11-/m0/s1. The predicted molar refractivity (Wildman–Crippen MR) is 90.2 cm³/mol. The number of nitrogens with zero attached hydrogens (tertiary/aromatic N) is 4. The Morgan fingerprint density at radius 3 is 2.88 bits per heavy atom. The number of carbonyl (C=O) groups excluding carboxylic acids is 1. The van der Waals surface area contributed by atoms with Crippen LogP contribution in [-0.4, -0.2) is 46.3 Å².